The van der Waals surface area contributed by atoms with Crippen LogP contribution in [0, 0.1) is 11.3 Å². The van der Waals surface area contributed by atoms with Crippen molar-refractivity contribution in [2.24, 2.45) is 5.92 Å². The van der Waals surface area contributed by atoms with Crippen LogP contribution in [0.25, 0.3) is 0 Å². The van der Waals surface area contributed by atoms with Crippen LogP contribution >= 0.6 is 0 Å². The average Bonchev–Trinajstić information content (AvgIpc) is 2.84. The molecule has 26 heavy (non-hydrogen) atoms. The van der Waals surface area contributed by atoms with Crippen LogP contribution in [-0.4, -0.2) is 19.8 Å². The van der Waals surface area contributed by atoms with Gasteiger partial charge in [-0.3, -0.25) is 0 Å². The lowest BCUT2D eigenvalue weighted by molar-refractivity contribution is 0.438. The summed E-state index contributed by atoms with van der Waals surface area (Å²) in [6, 6.07) is 6.76. The smallest absolute Gasteiger partial charge is 0.0420 e. The van der Waals surface area contributed by atoms with E-state index < -0.39 is 0 Å². The molecule has 0 bridgehead atoms. The quantitative estimate of drug-likeness (QED) is 0.619. The lowest BCUT2D eigenvalue weighted by Gasteiger charge is -2.27. The Kier molecular flexibility index (Phi) is 5.41. The third-order valence-electron chi connectivity index (χ3n) is 6.78. The first-order chi connectivity index (χ1) is 12.3. The fourth-order valence-corrected chi connectivity index (χ4v) is 4.73. The van der Waals surface area contributed by atoms with E-state index in [4.69, 9.17) is 5.41 Å². The maximum Gasteiger partial charge on any atom is 0.0420 e. The average molecular weight is 351 g/mol. The molecule has 0 aliphatic heterocycles. The van der Waals surface area contributed by atoms with Gasteiger partial charge in [-0.05, 0) is 69.4 Å². The van der Waals surface area contributed by atoms with Gasteiger partial charge in [0.1, 0.15) is 0 Å². The van der Waals surface area contributed by atoms with E-state index in [1.165, 1.54) is 71.2 Å². The maximum atomic E-state index is 9.05. The standard InChI is InChI=1S/C24H34N2/c1-15-16(2)18(4)23(17(15)3)21-13-12-20(26(5)6)14-22(21)24(25)19-10-8-7-9-11-19/h12-14,19,23,25H,7-11H2,1-6H3. The van der Waals surface area contributed by atoms with Crippen molar-refractivity contribution in [2.45, 2.75) is 65.7 Å². The summed E-state index contributed by atoms with van der Waals surface area (Å²) in [5.41, 5.74) is 10.3. The van der Waals surface area contributed by atoms with E-state index in [1.807, 2.05) is 0 Å². The Morgan fingerprint density at radius 3 is 2.04 bits per heavy atom. The molecule has 0 heterocycles. The fraction of sp³-hybridized carbons (Fsp3) is 0.542. The molecule has 0 radical (unpaired) electrons. The van der Waals surface area contributed by atoms with Gasteiger partial charge in [0, 0.05) is 42.9 Å². The molecule has 3 rings (SSSR count). The van der Waals surface area contributed by atoms with E-state index in [0.717, 1.165) is 5.71 Å². The summed E-state index contributed by atoms with van der Waals surface area (Å²) < 4.78 is 0. The Hall–Kier alpha value is -1.83. The van der Waals surface area contributed by atoms with Gasteiger partial charge in [-0.15, -0.1) is 0 Å². The molecule has 2 heteroatoms. The van der Waals surface area contributed by atoms with Crippen LogP contribution in [0.2, 0.25) is 0 Å². The van der Waals surface area contributed by atoms with Gasteiger partial charge < -0.3 is 10.3 Å². The summed E-state index contributed by atoms with van der Waals surface area (Å²) in [7, 11) is 4.17. The van der Waals surface area contributed by atoms with Crippen molar-refractivity contribution in [1.29, 1.82) is 5.41 Å². The molecule has 0 spiro atoms. The molecule has 2 aliphatic carbocycles. The van der Waals surface area contributed by atoms with E-state index >= 15 is 0 Å². The Balaban J connectivity index is 2.09. The van der Waals surface area contributed by atoms with Gasteiger partial charge in [0.15, 0.2) is 0 Å². The third kappa shape index (κ3) is 3.26. The van der Waals surface area contributed by atoms with Crippen molar-refractivity contribution >= 4 is 11.4 Å². The molecule has 1 fully saturated rings. The third-order valence-corrected chi connectivity index (χ3v) is 6.78. The molecule has 1 N–H and O–H groups in total. The van der Waals surface area contributed by atoms with Crippen molar-refractivity contribution in [3.63, 3.8) is 0 Å². The number of nitrogens with one attached hydrogen (secondary N) is 1. The normalized spacial score (nSPS) is 19.5. The minimum Gasteiger partial charge on any atom is -0.378 e. The zero-order chi connectivity index (χ0) is 19.0. The first kappa shape index (κ1) is 18.9. The monoisotopic (exact) mass is 350 g/mol. The largest absolute Gasteiger partial charge is 0.378 e. The van der Waals surface area contributed by atoms with Crippen LogP contribution in [0.15, 0.2) is 40.5 Å². The highest BCUT2D eigenvalue weighted by molar-refractivity contribution is 6.02. The van der Waals surface area contributed by atoms with Crippen LogP contribution in [0.1, 0.15) is 76.8 Å². The van der Waals surface area contributed by atoms with Gasteiger partial charge in [0.25, 0.3) is 0 Å². The highest BCUT2D eigenvalue weighted by atomic mass is 15.1. The van der Waals surface area contributed by atoms with E-state index in [1.54, 1.807) is 0 Å². The van der Waals surface area contributed by atoms with Crippen LogP contribution in [0.5, 0.6) is 0 Å². The zero-order valence-electron chi connectivity index (χ0n) is 17.4. The first-order valence-electron chi connectivity index (χ1n) is 10.1. The fourth-order valence-electron chi connectivity index (χ4n) is 4.73. The zero-order valence-corrected chi connectivity index (χ0v) is 17.4. The highest BCUT2D eigenvalue weighted by Crippen LogP contribution is 2.45. The van der Waals surface area contributed by atoms with Crippen molar-refractivity contribution < 1.29 is 0 Å². The van der Waals surface area contributed by atoms with E-state index in [9.17, 15) is 0 Å². The predicted molar refractivity (Wildman–Crippen MR) is 114 cm³/mol. The molecule has 0 unspecified atom stereocenters. The van der Waals surface area contributed by atoms with E-state index in [-0.39, 0.29) is 0 Å². The molecule has 1 saturated carbocycles. The molecule has 1 aromatic carbocycles. The number of benzene rings is 1. The van der Waals surface area contributed by atoms with Crippen molar-refractivity contribution in [1.82, 2.24) is 0 Å². The SMILES string of the molecule is CC1=C(C)C(c2ccc(N(C)C)cc2C(=N)C2CCCCC2)C(C)=C1C. The summed E-state index contributed by atoms with van der Waals surface area (Å²) in [6.45, 7) is 9.03. The lowest BCUT2D eigenvalue weighted by Crippen LogP contribution is -2.21. The number of allylic oxidation sites excluding steroid dienone is 4. The van der Waals surface area contributed by atoms with Crippen LogP contribution < -0.4 is 4.90 Å². The van der Waals surface area contributed by atoms with Crippen molar-refractivity contribution in [2.75, 3.05) is 19.0 Å². The van der Waals surface area contributed by atoms with Gasteiger partial charge >= 0.3 is 0 Å². The molecule has 0 atom stereocenters. The molecule has 0 saturated heterocycles. The summed E-state index contributed by atoms with van der Waals surface area (Å²) in [5.74, 6) is 0.766. The lowest BCUT2D eigenvalue weighted by atomic mass is 9.78. The molecule has 1 aromatic rings. The van der Waals surface area contributed by atoms with Gasteiger partial charge in [-0.1, -0.05) is 36.5 Å². The number of anilines is 1. The van der Waals surface area contributed by atoms with Gasteiger partial charge in [-0.2, -0.15) is 0 Å². The van der Waals surface area contributed by atoms with Crippen LogP contribution in [0.3, 0.4) is 0 Å². The minimum absolute atomic E-state index is 0.338. The summed E-state index contributed by atoms with van der Waals surface area (Å²) >= 11 is 0. The molecular formula is C24H34N2. The molecular weight excluding hydrogens is 316 g/mol. The van der Waals surface area contributed by atoms with Gasteiger partial charge in [-0.25, -0.2) is 0 Å². The van der Waals surface area contributed by atoms with E-state index in [2.05, 4.69) is 64.9 Å². The number of nitrogens with zero attached hydrogens (tertiary/aromatic N) is 1. The first-order valence-corrected chi connectivity index (χ1v) is 10.1. The number of hydrogen-bond donors (Lipinski definition) is 1. The molecule has 0 aromatic heterocycles. The van der Waals surface area contributed by atoms with Crippen molar-refractivity contribution in [3.05, 3.63) is 51.6 Å². The second-order valence-corrected chi connectivity index (χ2v) is 8.46. The van der Waals surface area contributed by atoms with Crippen LogP contribution in [0.4, 0.5) is 5.69 Å². The predicted octanol–water partition coefficient (Wildman–Crippen LogP) is 6.47. The second kappa shape index (κ2) is 7.42. The molecule has 2 nitrogen and oxygen atoms in total. The topological polar surface area (TPSA) is 27.1 Å². The second-order valence-electron chi connectivity index (χ2n) is 8.46. The van der Waals surface area contributed by atoms with Crippen LogP contribution in [-0.2, 0) is 0 Å². The molecule has 140 valence electrons. The molecule has 2 aliphatic rings. The summed E-state index contributed by atoms with van der Waals surface area (Å²) in [5, 5.41) is 9.05. The Morgan fingerprint density at radius 2 is 1.50 bits per heavy atom. The van der Waals surface area contributed by atoms with Crippen molar-refractivity contribution in [3.8, 4) is 0 Å². The maximum absolute atomic E-state index is 9.05. The van der Waals surface area contributed by atoms with Gasteiger partial charge in [0.05, 0.1) is 0 Å². The number of hydrogen-bond acceptors (Lipinski definition) is 2. The number of rotatable bonds is 4. The summed E-state index contributed by atoms with van der Waals surface area (Å²) in [4.78, 5) is 2.15. The molecule has 0 amide bonds. The summed E-state index contributed by atoms with van der Waals surface area (Å²) in [6.07, 6.45) is 6.23. The Bertz CT molecular complexity index is 749. The highest BCUT2D eigenvalue weighted by Gasteiger charge is 2.30. The Morgan fingerprint density at radius 1 is 0.923 bits per heavy atom. The minimum atomic E-state index is 0.338. The van der Waals surface area contributed by atoms with Gasteiger partial charge in [0.2, 0.25) is 0 Å². The van der Waals surface area contributed by atoms with E-state index in [0.29, 0.717) is 11.8 Å². The Labute approximate surface area is 159 Å².